The standard InChI is InChI=1S/C40H49N5O8/c1-8-26-22-40(26,36(50)42-19-17-24-13-15-25(16-14-24)35(48)49)44-33(46)30-21-27(52-31-18-20-41-29-12-10-9-11-28(29)31)23-45(30)34(47)32(38(2,3)4)43-37(51)53-39(5,6)7/h8-16,18,20,26-27,30,32H,1,17,19,21-23H2,2-7H3,(H,42,50)(H,43,51)(H,44,46)(H,48,49)/t26-,27-,30?,32-,40-/m1/s1. The molecule has 1 saturated heterocycles. The zero-order valence-electron chi connectivity index (χ0n) is 31.1. The van der Waals surface area contributed by atoms with Crippen LogP contribution in [0, 0.1) is 11.3 Å². The van der Waals surface area contributed by atoms with Gasteiger partial charge in [-0.15, -0.1) is 6.58 Å². The fourth-order valence-electron chi connectivity index (χ4n) is 6.60. The number of amides is 4. The first-order valence-electron chi connectivity index (χ1n) is 17.8. The molecular weight excluding hydrogens is 678 g/mol. The fraction of sp³-hybridized carbons (Fsp3) is 0.450. The molecule has 13 nitrogen and oxygen atoms in total. The van der Waals surface area contributed by atoms with Gasteiger partial charge in [0.25, 0.3) is 0 Å². The second-order valence-electron chi connectivity index (χ2n) is 15.8. The third kappa shape index (κ3) is 9.13. The van der Waals surface area contributed by atoms with Gasteiger partial charge in [0, 0.05) is 30.5 Å². The van der Waals surface area contributed by atoms with Crippen molar-refractivity contribution in [2.75, 3.05) is 13.1 Å². The van der Waals surface area contributed by atoms with Gasteiger partial charge in [0.2, 0.25) is 17.7 Å². The lowest BCUT2D eigenvalue weighted by atomic mass is 9.85. The summed E-state index contributed by atoms with van der Waals surface area (Å²) in [6.07, 6.45) is 2.80. The quantitative estimate of drug-likeness (QED) is 0.194. The Labute approximate surface area is 309 Å². The Morgan fingerprint density at radius 3 is 2.36 bits per heavy atom. The maximum absolute atomic E-state index is 14.5. The van der Waals surface area contributed by atoms with Crippen molar-refractivity contribution < 1.29 is 38.6 Å². The molecule has 0 spiro atoms. The molecule has 1 aliphatic carbocycles. The first-order chi connectivity index (χ1) is 24.9. The lowest BCUT2D eigenvalue weighted by Gasteiger charge is -2.36. The molecule has 2 fully saturated rings. The van der Waals surface area contributed by atoms with Crippen molar-refractivity contribution >= 4 is 40.7 Å². The van der Waals surface area contributed by atoms with E-state index in [1.165, 1.54) is 17.0 Å². The molecule has 282 valence electrons. The maximum Gasteiger partial charge on any atom is 0.408 e. The number of nitrogens with zero attached hydrogens (tertiary/aromatic N) is 2. The Hall–Kier alpha value is -5.46. The average molecular weight is 728 g/mol. The van der Waals surface area contributed by atoms with Gasteiger partial charge in [-0.05, 0) is 74.9 Å². The molecule has 2 aromatic carbocycles. The maximum atomic E-state index is 14.5. The second-order valence-corrected chi connectivity index (χ2v) is 15.8. The monoisotopic (exact) mass is 727 g/mol. The average Bonchev–Trinajstić information content (AvgIpc) is 3.64. The van der Waals surface area contributed by atoms with Crippen molar-refractivity contribution in [1.29, 1.82) is 0 Å². The minimum atomic E-state index is -1.26. The van der Waals surface area contributed by atoms with Gasteiger partial charge < -0.3 is 35.4 Å². The van der Waals surface area contributed by atoms with Crippen LogP contribution in [0.2, 0.25) is 0 Å². The van der Waals surface area contributed by atoms with E-state index in [0.717, 1.165) is 16.5 Å². The molecule has 4 amide bonds. The van der Waals surface area contributed by atoms with Gasteiger partial charge in [-0.1, -0.05) is 51.1 Å². The topological polar surface area (TPSA) is 176 Å². The van der Waals surface area contributed by atoms with E-state index in [9.17, 15) is 24.0 Å². The zero-order chi connectivity index (χ0) is 38.7. The van der Waals surface area contributed by atoms with Crippen molar-refractivity contribution in [2.45, 2.75) is 90.1 Å². The minimum absolute atomic E-state index is 0.0426. The number of nitrogens with one attached hydrogen (secondary N) is 3. The highest BCUT2D eigenvalue weighted by atomic mass is 16.6. The van der Waals surface area contributed by atoms with E-state index in [4.69, 9.17) is 14.6 Å². The van der Waals surface area contributed by atoms with E-state index in [1.807, 2.05) is 45.0 Å². The van der Waals surface area contributed by atoms with E-state index < -0.39 is 58.6 Å². The third-order valence-electron chi connectivity index (χ3n) is 9.48. The molecule has 53 heavy (non-hydrogen) atoms. The summed E-state index contributed by atoms with van der Waals surface area (Å²) in [5.74, 6) is -2.21. The van der Waals surface area contributed by atoms with E-state index in [2.05, 4.69) is 27.5 Å². The summed E-state index contributed by atoms with van der Waals surface area (Å²) in [5.41, 5.74) is -1.10. The number of fused-ring (bicyclic) bond motifs is 1. The molecule has 5 atom stereocenters. The summed E-state index contributed by atoms with van der Waals surface area (Å²) in [4.78, 5) is 72.4. The Morgan fingerprint density at radius 2 is 1.74 bits per heavy atom. The van der Waals surface area contributed by atoms with Gasteiger partial charge >= 0.3 is 12.1 Å². The number of carbonyl (C=O) groups is 5. The molecule has 2 aliphatic rings. The molecule has 0 radical (unpaired) electrons. The molecule has 1 saturated carbocycles. The van der Waals surface area contributed by atoms with Crippen molar-refractivity contribution in [1.82, 2.24) is 25.8 Å². The minimum Gasteiger partial charge on any atom is -0.488 e. The number of benzene rings is 2. The van der Waals surface area contributed by atoms with E-state index in [-0.39, 0.29) is 36.9 Å². The van der Waals surface area contributed by atoms with E-state index in [1.54, 1.807) is 51.2 Å². The first kappa shape index (κ1) is 38.8. The number of rotatable bonds is 12. The summed E-state index contributed by atoms with van der Waals surface area (Å²) in [5, 5.41) is 18.6. The highest BCUT2D eigenvalue weighted by molar-refractivity contribution is 5.98. The fourth-order valence-corrected chi connectivity index (χ4v) is 6.60. The van der Waals surface area contributed by atoms with Gasteiger partial charge in [0.15, 0.2) is 0 Å². The van der Waals surface area contributed by atoms with Crippen molar-refractivity contribution in [3.8, 4) is 5.75 Å². The molecule has 2 heterocycles. The number of carboxylic acids is 1. The van der Waals surface area contributed by atoms with Gasteiger partial charge in [-0.25, -0.2) is 9.59 Å². The highest BCUT2D eigenvalue weighted by Gasteiger charge is 2.60. The van der Waals surface area contributed by atoms with Gasteiger partial charge in [0.05, 0.1) is 17.6 Å². The van der Waals surface area contributed by atoms with Gasteiger partial charge in [-0.2, -0.15) is 0 Å². The number of alkyl carbamates (subject to hydrolysis) is 1. The van der Waals surface area contributed by atoms with E-state index in [0.29, 0.717) is 18.6 Å². The first-order valence-corrected chi connectivity index (χ1v) is 17.8. The summed E-state index contributed by atoms with van der Waals surface area (Å²) < 4.78 is 11.9. The number of likely N-dealkylation sites (tertiary alicyclic amines) is 1. The normalized spacial score (nSPS) is 21.6. The SMILES string of the molecule is C=C[C@@H]1C[C@]1(NC(=O)C1C[C@@H](Oc2ccnc3ccccc23)CN1C(=O)[C@@H](NC(=O)OC(C)(C)C)C(C)(C)C)C(=O)NCCc1ccc(C(=O)O)cc1. The van der Waals surface area contributed by atoms with Crippen LogP contribution >= 0.6 is 0 Å². The number of pyridine rings is 1. The Bertz CT molecular complexity index is 1880. The Kier molecular flexibility index (Phi) is 11.2. The number of aromatic nitrogens is 1. The van der Waals surface area contributed by atoms with Crippen LogP contribution in [0.25, 0.3) is 10.9 Å². The lowest BCUT2D eigenvalue weighted by molar-refractivity contribution is -0.143. The van der Waals surface area contributed by atoms with Crippen LogP contribution in [0.1, 0.15) is 70.3 Å². The summed E-state index contributed by atoms with van der Waals surface area (Å²) in [7, 11) is 0. The number of hydrogen-bond acceptors (Lipinski definition) is 8. The van der Waals surface area contributed by atoms with Crippen molar-refractivity contribution in [3.05, 3.63) is 84.6 Å². The van der Waals surface area contributed by atoms with Gasteiger partial charge in [0.1, 0.15) is 35.1 Å². The highest BCUT2D eigenvalue weighted by Crippen LogP contribution is 2.45. The number of hydrogen-bond donors (Lipinski definition) is 4. The molecule has 5 rings (SSSR count). The molecule has 1 aromatic heterocycles. The van der Waals surface area contributed by atoms with Crippen LogP contribution in [-0.4, -0.2) is 87.2 Å². The molecule has 1 unspecified atom stereocenters. The third-order valence-corrected chi connectivity index (χ3v) is 9.48. The molecule has 1 aliphatic heterocycles. The van der Waals surface area contributed by atoms with Crippen LogP contribution in [0.4, 0.5) is 4.79 Å². The van der Waals surface area contributed by atoms with Crippen LogP contribution in [-0.2, 0) is 25.5 Å². The second kappa shape index (κ2) is 15.3. The number of carboxylic acid groups (broad SMARTS) is 1. The van der Waals surface area contributed by atoms with Crippen molar-refractivity contribution in [3.63, 3.8) is 0 Å². The van der Waals surface area contributed by atoms with Crippen LogP contribution in [0.3, 0.4) is 0 Å². The van der Waals surface area contributed by atoms with Crippen LogP contribution in [0.15, 0.2) is 73.4 Å². The largest absolute Gasteiger partial charge is 0.488 e. The molecular formula is C40H49N5O8. The molecule has 4 N–H and O–H groups in total. The summed E-state index contributed by atoms with van der Waals surface area (Å²) in [6.45, 7) is 14.8. The molecule has 3 aromatic rings. The van der Waals surface area contributed by atoms with Crippen LogP contribution in [0.5, 0.6) is 5.75 Å². The predicted octanol–water partition coefficient (Wildman–Crippen LogP) is 4.64. The van der Waals surface area contributed by atoms with Gasteiger partial charge in [-0.3, -0.25) is 19.4 Å². The number of para-hydroxylation sites is 1. The Balaban J connectivity index is 1.37. The van der Waals surface area contributed by atoms with E-state index >= 15 is 0 Å². The summed E-state index contributed by atoms with van der Waals surface area (Å²) >= 11 is 0. The zero-order valence-corrected chi connectivity index (χ0v) is 31.1. The lowest BCUT2D eigenvalue weighted by Crippen LogP contribution is -2.60. The summed E-state index contributed by atoms with van der Waals surface area (Å²) in [6, 6.07) is 13.5. The number of aromatic carboxylic acids is 1. The predicted molar refractivity (Wildman–Crippen MR) is 198 cm³/mol. The Morgan fingerprint density at radius 1 is 1.04 bits per heavy atom. The van der Waals surface area contributed by atoms with Crippen LogP contribution < -0.4 is 20.7 Å². The van der Waals surface area contributed by atoms with Crippen molar-refractivity contribution in [2.24, 2.45) is 11.3 Å². The molecule has 0 bridgehead atoms. The molecule has 13 heteroatoms. The number of ether oxygens (including phenoxy) is 2. The smallest absolute Gasteiger partial charge is 0.408 e. The number of carbonyl (C=O) groups excluding carboxylic acids is 4.